The van der Waals surface area contributed by atoms with Crippen LogP contribution in [-0.2, 0) is 9.59 Å². The van der Waals surface area contributed by atoms with E-state index < -0.39 is 11.9 Å². The van der Waals surface area contributed by atoms with Crippen molar-refractivity contribution in [3.05, 3.63) is 70.6 Å². The van der Waals surface area contributed by atoms with Crippen LogP contribution < -0.4 is 14.8 Å². The third-order valence-corrected chi connectivity index (χ3v) is 5.19. The highest BCUT2D eigenvalue weighted by Crippen LogP contribution is 2.24. The lowest BCUT2D eigenvalue weighted by atomic mass is 10.3. The van der Waals surface area contributed by atoms with E-state index in [-0.39, 0.29) is 35.7 Å². The van der Waals surface area contributed by atoms with E-state index in [0.29, 0.717) is 35.9 Å². The van der Waals surface area contributed by atoms with Gasteiger partial charge in [0.05, 0.1) is 5.02 Å². The van der Waals surface area contributed by atoms with Gasteiger partial charge in [-0.25, -0.2) is 4.39 Å². The SMILES string of the molecule is C=C(CCNC(=O)COc1ccc(Cl)c(F)c1)N1CC[C@H](Oc2ccc(Cl)cc2)C1=O. The lowest BCUT2D eigenvalue weighted by Gasteiger charge is -2.20. The van der Waals surface area contributed by atoms with Crippen molar-refractivity contribution in [3.8, 4) is 11.5 Å². The number of halogens is 3. The Bertz CT molecular complexity index is 968. The first-order valence-corrected chi connectivity index (χ1v) is 10.3. The Kier molecular flexibility index (Phi) is 7.76. The molecule has 0 bridgehead atoms. The molecule has 1 aliphatic heterocycles. The Balaban J connectivity index is 1.39. The maximum absolute atomic E-state index is 13.4. The van der Waals surface area contributed by atoms with Crippen LogP contribution in [0, 0.1) is 5.82 Å². The quantitative estimate of drug-likeness (QED) is 0.600. The van der Waals surface area contributed by atoms with Gasteiger partial charge in [0, 0.05) is 42.7 Å². The van der Waals surface area contributed by atoms with Crippen molar-refractivity contribution in [2.45, 2.75) is 18.9 Å². The first-order valence-electron chi connectivity index (χ1n) is 9.59. The molecule has 0 aliphatic carbocycles. The van der Waals surface area contributed by atoms with Crippen molar-refractivity contribution in [3.63, 3.8) is 0 Å². The maximum atomic E-state index is 13.4. The monoisotopic (exact) mass is 466 g/mol. The van der Waals surface area contributed by atoms with E-state index in [4.69, 9.17) is 32.7 Å². The Labute approximate surface area is 189 Å². The summed E-state index contributed by atoms with van der Waals surface area (Å²) in [5.41, 5.74) is 0.591. The largest absolute Gasteiger partial charge is 0.484 e. The minimum Gasteiger partial charge on any atom is -0.484 e. The molecule has 6 nitrogen and oxygen atoms in total. The fourth-order valence-corrected chi connectivity index (χ4v) is 3.25. The second kappa shape index (κ2) is 10.5. The fraction of sp³-hybridized carbons (Fsp3) is 0.273. The zero-order valence-corrected chi connectivity index (χ0v) is 18.1. The summed E-state index contributed by atoms with van der Waals surface area (Å²) in [6.07, 6.45) is 0.347. The van der Waals surface area contributed by atoms with E-state index in [2.05, 4.69) is 11.9 Å². The third kappa shape index (κ3) is 6.35. The topological polar surface area (TPSA) is 67.9 Å². The standard InChI is InChI=1S/C22H21Cl2FN2O4/c1-14(8-10-26-21(28)13-30-17-6-7-18(24)19(25)12-17)27-11-9-20(22(27)29)31-16-4-2-15(23)3-5-16/h2-7,12,20H,1,8-11,13H2,(H,26,28)/t20-/m0/s1. The maximum Gasteiger partial charge on any atom is 0.267 e. The number of benzene rings is 2. The number of carbonyl (C=O) groups is 2. The van der Waals surface area contributed by atoms with Crippen molar-refractivity contribution in [2.75, 3.05) is 19.7 Å². The van der Waals surface area contributed by atoms with E-state index >= 15 is 0 Å². The average Bonchev–Trinajstić information content (AvgIpc) is 3.10. The summed E-state index contributed by atoms with van der Waals surface area (Å²) in [5.74, 6) is -0.386. The van der Waals surface area contributed by atoms with Gasteiger partial charge in [0.2, 0.25) is 0 Å². The predicted octanol–water partition coefficient (Wildman–Crippen LogP) is 4.21. The second-order valence-electron chi connectivity index (χ2n) is 6.87. The zero-order valence-electron chi connectivity index (χ0n) is 16.6. The first kappa shape index (κ1) is 22.9. The van der Waals surface area contributed by atoms with Gasteiger partial charge in [-0.15, -0.1) is 0 Å². The van der Waals surface area contributed by atoms with Crippen molar-refractivity contribution < 1.29 is 23.5 Å². The second-order valence-corrected chi connectivity index (χ2v) is 7.71. The number of hydrogen-bond donors (Lipinski definition) is 1. The van der Waals surface area contributed by atoms with Crippen LogP contribution in [0.5, 0.6) is 11.5 Å². The van der Waals surface area contributed by atoms with Crippen molar-refractivity contribution in [2.24, 2.45) is 0 Å². The number of carbonyl (C=O) groups excluding carboxylic acids is 2. The minimum atomic E-state index is -0.621. The Morgan fingerprint density at radius 1 is 1.19 bits per heavy atom. The number of likely N-dealkylation sites (tertiary alicyclic amines) is 1. The van der Waals surface area contributed by atoms with Gasteiger partial charge in [0.1, 0.15) is 17.3 Å². The number of amides is 2. The molecule has 0 radical (unpaired) electrons. The molecule has 9 heteroatoms. The normalized spacial score (nSPS) is 15.6. The van der Waals surface area contributed by atoms with E-state index in [1.807, 2.05) is 0 Å². The summed E-state index contributed by atoms with van der Waals surface area (Å²) < 4.78 is 24.3. The van der Waals surface area contributed by atoms with Crippen LogP contribution in [0.15, 0.2) is 54.7 Å². The molecule has 1 atom stereocenters. The Hall–Kier alpha value is -2.77. The summed E-state index contributed by atoms with van der Waals surface area (Å²) in [5, 5.41) is 3.25. The molecule has 2 aromatic rings. The van der Waals surface area contributed by atoms with Crippen LogP contribution in [0.1, 0.15) is 12.8 Å². The molecule has 2 amide bonds. The van der Waals surface area contributed by atoms with Gasteiger partial charge in [-0.3, -0.25) is 9.59 Å². The molecule has 1 saturated heterocycles. The molecule has 0 saturated carbocycles. The Morgan fingerprint density at radius 2 is 1.90 bits per heavy atom. The number of rotatable bonds is 9. The molecule has 1 N–H and O–H groups in total. The molecule has 3 rings (SSSR count). The van der Waals surface area contributed by atoms with Crippen molar-refractivity contribution in [1.29, 1.82) is 0 Å². The van der Waals surface area contributed by atoms with E-state index in [1.165, 1.54) is 12.1 Å². The fourth-order valence-electron chi connectivity index (χ4n) is 3.00. The highest BCUT2D eigenvalue weighted by molar-refractivity contribution is 6.31. The van der Waals surface area contributed by atoms with Gasteiger partial charge in [-0.05, 0) is 36.4 Å². The zero-order chi connectivity index (χ0) is 22.4. The van der Waals surface area contributed by atoms with Crippen LogP contribution in [0.25, 0.3) is 0 Å². The van der Waals surface area contributed by atoms with Crippen LogP contribution in [0.2, 0.25) is 10.0 Å². The summed E-state index contributed by atoms with van der Waals surface area (Å²) in [6.45, 7) is 4.45. The average molecular weight is 467 g/mol. The summed E-state index contributed by atoms with van der Waals surface area (Å²) in [4.78, 5) is 26.1. The molecule has 0 aromatic heterocycles. The van der Waals surface area contributed by atoms with Crippen molar-refractivity contribution >= 4 is 35.0 Å². The van der Waals surface area contributed by atoms with Crippen LogP contribution >= 0.6 is 23.2 Å². The van der Waals surface area contributed by atoms with Crippen LogP contribution in [-0.4, -0.2) is 42.5 Å². The molecule has 2 aromatic carbocycles. The Morgan fingerprint density at radius 3 is 2.61 bits per heavy atom. The summed E-state index contributed by atoms with van der Waals surface area (Å²) >= 11 is 11.5. The van der Waals surface area contributed by atoms with Crippen molar-refractivity contribution in [1.82, 2.24) is 10.2 Å². The highest BCUT2D eigenvalue weighted by atomic mass is 35.5. The van der Waals surface area contributed by atoms with Gasteiger partial charge in [-0.2, -0.15) is 0 Å². The molecule has 164 valence electrons. The van der Waals surface area contributed by atoms with Crippen LogP contribution in [0.4, 0.5) is 4.39 Å². The summed E-state index contributed by atoms with van der Waals surface area (Å²) in [6, 6.07) is 10.8. The third-order valence-electron chi connectivity index (χ3n) is 4.63. The number of nitrogens with one attached hydrogen (secondary N) is 1. The van der Waals surface area contributed by atoms with Crippen LogP contribution in [0.3, 0.4) is 0 Å². The summed E-state index contributed by atoms with van der Waals surface area (Å²) in [7, 11) is 0. The predicted molar refractivity (Wildman–Crippen MR) is 116 cm³/mol. The smallest absolute Gasteiger partial charge is 0.267 e. The highest BCUT2D eigenvalue weighted by Gasteiger charge is 2.34. The van der Waals surface area contributed by atoms with Gasteiger partial charge in [-0.1, -0.05) is 29.8 Å². The lowest BCUT2D eigenvalue weighted by molar-refractivity contribution is -0.131. The number of ether oxygens (including phenoxy) is 2. The molecule has 1 fully saturated rings. The van der Waals surface area contributed by atoms with E-state index in [9.17, 15) is 14.0 Å². The minimum absolute atomic E-state index is 0.0208. The van der Waals surface area contributed by atoms with Gasteiger partial charge >= 0.3 is 0 Å². The molecular weight excluding hydrogens is 446 g/mol. The van der Waals surface area contributed by atoms with E-state index in [0.717, 1.165) is 6.07 Å². The van der Waals surface area contributed by atoms with Gasteiger partial charge < -0.3 is 19.7 Å². The number of nitrogens with zero attached hydrogens (tertiary/aromatic N) is 1. The molecule has 31 heavy (non-hydrogen) atoms. The van der Waals surface area contributed by atoms with Gasteiger partial charge in [0.25, 0.3) is 11.8 Å². The lowest BCUT2D eigenvalue weighted by Crippen LogP contribution is -2.34. The van der Waals surface area contributed by atoms with Gasteiger partial charge in [0.15, 0.2) is 12.7 Å². The molecule has 0 unspecified atom stereocenters. The van der Waals surface area contributed by atoms with E-state index in [1.54, 1.807) is 29.2 Å². The molecular formula is C22H21Cl2FN2O4. The molecule has 1 heterocycles. The number of hydrogen-bond acceptors (Lipinski definition) is 4. The first-order chi connectivity index (χ1) is 14.8. The molecule has 1 aliphatic rings. The molecule has 0 spiro atoms.